The van der Waals surface area contributed by atoms with Crippen LogP contribution < -0.4 is 15.0 Å². The highest BCUT2D eigenvalue weighted by molar-refractivity contribution is 6.32. The second-order valence-corrected chi connectivity index (χ2v) is 9.51. The van der Waals surface area contributed by atoms with Crippen LogP contribution in [0.15, 0.2) is 16.5 Å². The highest BCUT2D eigenvalue weighted by atomic mass is 35.5. The Bertz CT molecular complexity index is 992. The monoisotopic (exact) mass is 479 g/mol. The maximum atomic E-state index is 14.7. The topological polar surface area (TPSA) is 76.8 Å². The van der Waals surface area contributed by atoms with Crippen molar-refractivity contribution in [2.45, 2.75) is 64.6 Å². The Labute approximate surface area is 198 Å². The summed E-state index contributed by atoms with van der Waals surface area (Å²) in [6.07, 6.45) is 4.14. The molecule has 2 aromatic rings. The summed E-state index contributed by atoms with van der Waals surface area (Å²) in [6.45, 7) is 7.40. The minimum Gasteiger partial charge on any atom is -0.486 e. The molecule has 7 nitrogen and oxygen atoms in total. The molecule has 1 aliphatic carbocycles. The van der Waals surface area contributed by atoms with E-state index in [1.165, 1.54) is 12.1 Å². The van der Waals surface area contributed by atoms with Crippen molar-refractivity contribution in [3.63, 3.8) is 0 Å². The van der Waals surface area contributed by atoms with Gasteiger partial charge >= 0.3 is 0 Å². The van der Waals surface area contributed by atoms with E-state index in [1.807, 2.05) is 11.8 Å². The number of rotatable bonds is 8. The van der Waals surface area contributed by atoms with E-state index >= 15 is 0 Å². The molecule has 1 aromatic carbocycles. The van der Waals surface area contributed by atoms with E-state index in [9.17, 15) is 9.18 Å². The van der Waals surface area contributed by atoms with Crippen LogP contribution >= 0.6 is 11.6 Å². The molecule has 1 saturated heterocycles. The normalized spacial score (nSPS) is 21.7. The van der Waals surface area contributed by atoms with E-state index < -0.39 is 11.7 Å². The van der Waals surface area contributed by atoms with Crippen LogP contribution in [0.3, 0.4) is 0 Å². The number of halogens is 2. The van der Waals surface area contributed by atoms with Crippen molar-refractivity contribution >= 4 is 29.2 Å². The summed E-state index contributed by atoms with van der Waals surface area (Å²) < 4.78 is 32.0. The highest BCUT2D eigenvalue weighted by Gasteiger charge is 2.44. The quantitative estimate of drug-likeness (QED) is 0.541. The van der Waals surface area contributed by atoms with Gasteiger partial charge in [-0.05, 0) is 37.7 Å². The molecule has 1 aromatic heterocycles. The van der Waals surface area contributed by atoms with Crippen LogP contribution in [0.2, 0.25) is 5.02 Å². The van der Waals surface area contributed by atoms with Gasteiger partial charge in [-0.1, -0.05) is 32.4 Å². The van der Waals surface area contributed by atoms with E-state index in [4.69, 9.17) is 25.5 Å². The van der Waals surface area contributed by atoms with Crippen molar-refractivity contribution in [1.82, 2.24) is 4.98 Å². The van der Waals surface area contributed by atoms with Gasteiger partial charge < -0.3 is 24.1 Å². The predicted octanol–water partition coefficient (Wildman–Crippen LogP) is 5.46. The van der Waals surface area contributed by atoms with Gasteiger partial charge in [-0.15, -0.1) is 0 Å². The van der Waals surface area contributed by atoms with E-state index in [2.05, 4.69) is 24.1 Å². The second-order valence-electron chi connectivity index (χ2n) is 9.10. The molecular weight excluding hydrogens is 449 g/mol. The average Bonchev–Trinajstić information content (AvgIpc) is 3.37. The third-order valence-electron chi connectivity index (χ3n) is 6.72. The Morgan fingerprint density at radius 1 is 1.36 bits per heavy atom. The minimum atomic E-state index is -0.607. The number of nitrogens with one attached hydrogen (secondary N) is 1. The van der Waals surface area contributed by atoms with Crippen molar-refractivity contribution < 1.29 is 23.1 Å². The first-order chi connectivity index (χ1) is 15.8. The van der Waals surface area contributed by atoms with Gasteiger partial charge in [0.15, 0.2) is 17.3 Å². The van der Waals surface area contributed by atoms with Crippen LogP contribution in [0.4, 0.5) is 16.1 Å². The largest absolute Gasteiger partial charge is 0.486 e. The number of hydrogen-bond donors (Lipinski definition) is 1. The Hall–Kier alpha value is -2.32. The van der Waals surface area contributed by atoms with Gasteiger partial charge in [-0.3, -0.25) is 4.79 Å². The summed E-state index contributed by atoms with van der Waals surface area (Å²) in [5, 5.41) is 2.81. The number of methoxy groups -OCH3 is 1. The van der Waals surface area contributed by atoms with Gasteiger partial charge in [-0.2, -0.15) is 4.98 Å². The van der Waals surface area contributed by atoms with Crippen molar-refractivity contribution in [3.8, 4) is 5.75 Å². The van der Waals surface area contributed by atoms with Crippen LogP contribution in [0.1, 0.15) is 62.7 Å². The molecule has 2 aliphatic rings. The predicted molar refractivity (Wildman–Crippen MR) is 125 cm³/mol. The number of aryl methyl sites for hydroxylation is 1. The maximum Gasteiger partial charge on any atom is 0.298 e. The first-order valence-corrected chi connectivity index (χ1v) is 11.9. The number of hydrogen-bond acceptors (Lipinski definition) is 6. The van der Waals surface area contributed by atoms with Crippen LogP contribution in [0, 0.1) is 11.7 Å². The molecule has 2 fully saturated rings. The molecule has 180 valence electrons. The van der Waals surface area contributed by atoms with Crippen LogP contribution in [-0.2, 0) is 11.2 Å². The summed E-state index contributed by atoms with van der Waals surface area (Å²) in [4.78, 5) is 19.3. The molecule has 0 spiro atoms. The summed E-state index contributed by atoms with van der Waals surface area (Å²) in [5.41, 5.74) is 0.197. The Balaban J connectivity index is 1.46. The SMILES string of the molecule is CCc1oc(N2CC(CC)(OC)C2)nc1C(=O)Nc1cc(F)c(OC2CCC(C)C2)c(Cl)c1. The number of amides is 1. The number of carbonyl (C=O) groups excluding carboxylic acids is 1. The van der Waals surface area contributed by atoms with Gasteiger partial charge in [0.05, 0.1) is 24.2 Å². The van der Waals surface area contributed by atoms with Crippen molar-refractivity contribution in [2.75, 3.05) is 30.4 Å². The Kier molecular flexibility index (Phi) is 6.86. The van der Waals surface area contributed by atoms with Crippen molar-refractivity contribution in [3.05, 3.63) is 34.4 Å². The standard InChI is InChI=1S/C24H31ClFN3O4/c1-5-19-20(28-23(33-19)29-12-24(6-2,13-29)31-4)22(30)27-15-10-17(25)21(18(26)11-15)32-16-8-7-14(3)9-16/h10-11,14,16H,5-9,12-13H2,1-4H3,(H,27,30). The molecule has 0 radical (unpaired) electrons. The fraction of sp³-hybridized carbons (Fsp3) is 0.583. The molecule has 9 heteroatoms. The number of aromatic nitrogens is 1. The highest BCUT2D eigenvalue weighted by Crippen LogP contribution is 2.37. The molecule has 2 unspecified atom stereocenters. The lowest BCUT2D eigenvalue weighted by molar-refractivity contribution is -0.0379. The minimum absolute atomic E-state index is 0.0297. The molecule has 1 saturated carbocycles. The number of nitrogens with zero attached hydrogens (tertiary/aromatic N) is 2. The summed E-state index contributed by atoms with van der Waals surface area (Å²) >= 11 is 6.29. The van der Waals surface area contributed by atoms with Gasteiger partial charge in [0.25, 0.3) is 11.9 Å². The molecule has 2 heterocycles. The molecule has 1 amide bonds. The lowest BCUT2D eigenvalue weighted by Crippen LogP contribution is -2.62. The number of carbonyl (C=O) groups is 1. The number of benzene rings is 1. The zero-order chi connectivity index (χ0) is 23.8. The zero-order valence-corrected chi connectivity index (χ0v) is 20.3. The third-order valence-corrected chi connectivity index (χ3v) is 7.00. The summed E-state index contributed by atoms with van der Waals surface area (Å²) in [5.74, 6) is -0.0351. The number of ether oxygens (including phenoxy) is 2. The smallest absolute Gasteiger partial charge is 0.298 e. The molecule has 1 aliphatic heterocycles. The molecule has 33 heavy (non-hydrogen) atoms. The van der Waals surface area contributed by atoms with E-state index in [0.29, 0.717) is 37.2 Å². The number of anilines is 2. The van der Waals surface area contributed by atoms with Gasteiger partial charge in [0.2, 0.25) is 0 Å². The Morgan fingerprint density at radius 3 is 2.70 bits per heavy atom. The first-order valence-electron chi connectivity index (χ1n) is 11.5. The fourth-order valence-electron chi connectivity index (χ4n) is 4.54. The Morgan fingerprint density at radius 2 is 2.12 bits per heavy atom. The first kappa shape index (κ1) is 23.8. The average molecular weight is 480 g/mol. The third kappa shape index (κ3) is 4.82. The summed E-state index contributed by atoms with van der Waals surface area (Å²) in [6, 6.07) is 3.09. The van der Waals surface area contributed by atoms with Crippen LogP contribution in [0.25, 0.3) is 0 Å². The molecule has 4 rings (SSSR count). The van der Waals surface area contributed by atoms with Crippen molar-refractivity contribution in [1.29, 1.82) is 0 Å². The molecule has 1 N–H and O–H groups in total. The van der Waals surface area contributed by atoms with Gasteiger partial charge in [0, 0.05) is 25.3 Å². The summed E-state index contributed by atoms with van der Waals surface area (Å²) in [7, 11) is 1.70. The zero-order valence-electron chi connectivity index (χ0n) is 19.5. The molecule has 0 bridgehead atoms. The fourth-order valence-corrected chi connectivity index (χ4v) is 4.79. The van der Waals surface area contributed by atoms with E-state index in [0.717, 1.165) is 25.7 Å². The van der Waals surface area contributed by atoms with Crippen molar-refractivity contribution in [2.24, 2.45) is 5.92 Å². The van der Waals surface area contributed by atoms with Gasteiger partial charge in [-0.25, -0.2) is 4.39 Å². The molecule has 2 atom stereocenters. The number of oxazole rings is 1. The van der Waals surface area contributed by atoms with E-state index in [-0.39, 0.29) is 33.9 Å². The lowest BCUT2D eigenvalue weighted by Gasteiger charge is -2.47. The maximum absolute atomic E-state index is 14.7. The second kappa shape index (κ2) is 9.50. The lowest BCUT2D eigenvalue weighted by atomic mass is 9.91. The van der Waals surface area contributed by atoms with Crippen LogP contribution in [0.5, 0.6) is 5.75 Å². The van der Waals surface area contributed by atoms with E-state index in [1.54, 1.807) is 7.11 Å². The van der Waals surface area contributed by atoms with Gasteiger partial charge in [0.1, 0.15) is 11.4 Å². The van der Waals surface area contributed by atoms with Crippen LogP contribution in [-0.4, -0.2) is 42.8 Å². The molecular formula is C24H31ClFN3O4.